The van der Waals surface area contributed by atoms with E-state index in [0.717, 1.165) is 6.07 Å². The first-order valence-electron chi connectivity index (χ1n) is 7.66. The summed E-state index contributed by atoms with van der Waals surface area (Å²) in [5.41, 5.74) is 0.123. The maximum atomic E-state index is 12.5. The highest BCUT2D eigenvalue weighted by molar-refractivity contribution is 7.97. The van der Waals surface area contributed by atoms with Crippen LogP contribution in [-0.2, 0) is 15.3 Å². The highest BCUT2D eigenvalue weighted by Gasteiger charge is 2.25. The van der Waals surface area contributed by atoms with Gasteiger partial charge in [-0.15, -0.1) is 0 Å². The predicted octanol–water partition coefficient (Wildman–Crippen LogP) is 1.67. The second kappa shape index (κ2) is 9.03. The lowest BCUT2D eigenvalue weighted by atomic mass is 10.1. The molecule has 2 aromatic rings. The van der Waals surface area contributed by atoms with Gasteiger partial charge in [0.05, 0.1) is 12.4 Å². The van der Waals surface area contributed by atoms with E-state index in [1.54, 1.807) is 37.3 Å². The molecule has 0 saturated heterocycles. The molecule has 1 heterocycles. The van der Waals surface area contributed by atoms with E-state index in [2.05, 4.69) is 15.3 Å². The first-order valence-corrected chi connectivity index (χ1v) is 9.06. The molecule has 0 radical (unpaired) electrons. The maximum absolute atomic E-state index is 12.5. The summed E-state index contributed by atoms with van der Waals surface area (Å²) < 4.78 is 5.04. The zero-order valence-corrected chi connectivity index (χ0v) is 14.8. The van der Waals surface area contributed by atoms with Crippen molar-refractivity contribution in [1.82, 2.24) is 15.3 Å². The normalized spacial score (nSPS) is 11.6. The molecule has 2 N–H and O–H groups in total. The molecular formula is C17H19N3O4S. The summed E-state index contributed by atoms with van der Waals surface area (Å²) in [6, 6.07) is 8.88. The second-order valence-corrected chi connectivity index (χ2v) is 5.95. The van der Waals surface area contributed by atoms with Crippen molar-refractivity contribution in [2.45, 2.75) is 18.7 Å². The summed E-state index contributed by atoms with van der Waals surface area (Å²) in [6.45, 7) is 1.88. The van der Waals surface area contributed by atoms with Crippen LogP contribution >= 0.6 is 11.8 Å². The van der Waals surface area contributed by atoms with E-state index >= 15 is 0 Å². The summed E-state index contributed by atoms with van der Waals surface area (Å²) in [4.78, 5) is 43.1. The van der Waals surface area contributed by atoms with Crippen LogP contribution < -0.4 is 10.9 Å². The lowest BCUT2D eigenvalue weighted by Gasteiger charge is -2.17. The van der Waals surface area contributed by atoms with Gasteiger partial charge >= 0.3 is 5.97 Å². The van der Waals surface area contributed by atoms with E-state index < -0.39 is 23.5 Å². The third kappa shape index (κ3) is 5.18. The molecule has 0 spiro atoms. The molecule has 8 heteroatoms. The molecular weight excluding hydrogens is 342 g/mol. The number of nitrogens with zero attached hydrogens (tertiary/aromatic N) is 1. The van der Waals surface area contributed by atoms with Gasteiger partial charge in [0.15, 0.2) is 6.04 Å². The molecule has 132 valence electrons. The summed E-state index contributed by atoms with van der Waals surface area (Å²) in [7, 11) is 0. The molecule has 1 aromatic heterocycles. The van der Waals surface area contributed by atoms with Crippen molar-refractivity contribution in [3.8, 4) is 0 Å². The number of thioether (sulfide) groups is 1. The van der Waals surface area contributed by atoms with Crippen LogP contribution in [0.15, 0.2) is 41.2 Å². The van der Waals surface area contributed by atoms with Gasteiger partial charge in [-0.05, 0) is 18.7 Å². The molecule has 0 bridgehead atoms. The molecule has 1 amide bonds. The number of carbonyl (C=O) groups excluding carboxylic acids is 2. The number of rotatable bonds is 7. The third-order valence-electron chi connectivity index (χ3n) is 3.24. The second-order valence-electron chi connectivity index (χ2n) is 5.08. The van der Waals surface area contributed by atoms with Crippen molar-refractivity contribution in [2.24, 2.45) is 0 Å². The molecule has 25 heavy (non-hydrogen) atoms. The van der Waals surface area contributed by atoms with Crippen LogP contribution in [0.1, 0.15) is 34.8 Å². The van der Waals surface area contributed by atoms with Gasteiger partial charge in [0.1, 0.15) is 11.5 Å². The first-order chi connectivity index (χ1) is 12.0. The van der Waals surface area contributed by atoms with Crippen LogP contribution in [0.4, 0.5) is 0 Å². The lowest BCUT2D eigenvalue weighted by molar-refractivity contribution is -0.145. The molecule has 0 aliphatic carbocycles. The highest BCUT2D eigenvalue weighted by Crippen LogP contribution is 2.15. The molecule has 2 rings (SSSR count). The summed E-state index contributed by atoms with van der Waals surface area (Å²) in [5.74, 6) is -0.319. The van der Waals surface area contributed by atoms with E-state index in [1.807, 2.05) is 6.26 Å². The van der Waals surface area contributed by atoms with Crippen LogP contribution in [0.5, 0.6) is 0 Å². The zero-order chi connectivity index (χ0) is 18.2. The monoisotopic (exact) mass is 361 g/mol. The van der Waals surface area contributed by atoms with Gasteiger partial charge in [-0.3, -0.25) is 9.59 Å². The SMILES string of the molecule is CCOC(=O)C(NC(=O)c1cc(=O)[nH]c(CSC)n1)c1ccccc1. The van der Waals surface area contributed by atoms with Crippen molar-refractivity contribution in [3.63, 3.8) is 0 Å². The van der Waals surface area contributed by atoms with Crippen molar-refractivity contribution in [2.75, 3.05) is 12.9 Å². The maximum Gasteiger partial charge on any atom is 0.333 e. The van der Waals surface area contributed by atoms with Crippen LogP contribution in [0, 0.1) is 0 Å². The number of benzene rings is 1. The van der Waals surface area contributed by atoms with Crippen molar-refractivity contribution in [1.29, 1.82) is 0 Å². The standard InChI is InChI=1S/C17H19N3O4S/c1-3-24-17(23)15(11-7-5-4-6-8-11)20-16(22)12-9-14(21)19-13(18-12)10-25-2/h4-9,15H,3,10H2,1-2H3,(H,20,22)(H,18,19,21). The highest BCUT2D eigenvalue weighted by atomic mass is 32.2. The number of aromatic nitrogens is 2. The van der Waals surface area contributed by atoms with Crippen molar-refractivity contribution < 1.29 is 14.3 Å². The Morgan fingerprint density at radius 1 is 1.32 bits per heavy atom. The van der Waals surface area contributed by atoms with E-state index in [4.69, 9.17) is 4.74 Å². The molecule has 7 nitrogen and oxygen atoms in total. The van der Waals surface area contributed by atoms with Crippen molar-refractivity contribution in [3.05, 3.63) is 63.8 Å². The largest absolute Gasteiger partial charge is 0.464 e. The minimum absolute atomic E-state index is 0.0435. The average molecular weight is 361 g/mol. The van der Waals surface area contributed by atoms with Crippen LogP contribution in [0.3, 0.4) is 0 Å². The molecule has 1 aromatic carbocycles. The minimum Gasteiger partial charge on any atom is -0.464 e. The molecule has 1 unspecified atom stereocenters. The fraction of sp³-hybridized carbons (Fsp3) is 0.294. The topological polar surface area (TPSA) is 101 Å². The number of nitrogens with one attached hydrogen (secondary N) is 2. The van der Waals surface area contributed by atoms with E-state index in [0.29, 0.717) is 17.1 Å². The number of ether oxygens (including phenoxy) is 1. The number of aromatic amines is 1. The number of esters is 1. The van der Waals surface area contributed by atoms with Crippen molar-refractivity contribution >= 4 is 23.6 Å². The Hall–Kier alpha value is -2.61. The number of hydrogen-bond acceptors (Lipinski definition) is 6. The summed E-state index contributed by atoms with van der Waals surface area (Å²) in [6.07, 6.45) is 1.86. The van der Waals surface area contributed by atoms with Crippen LogP contribution in [-0.4, -0.2) is 34.7 Å². The Bertz CT molecular complexity index is 792. The summed E-state index contributed by atoms with van der Waals surface area (Å²) in [5, 5.41) is 2.60. The van der Waals surface area contributed by atoms with E-state index in [1.165, 1.54) is 11.8 Å². The van der Waals surface area contributed by atoms with Gasteiger partial charge in [-0.1, -0.05) is 30.3 Å². The number of amides is 1. The minimum atomic E-state index is -0.973. The third-order valence-corrected chi connectivity index (χ3v) is 3.80. The van der Waals surface area contributed by atoms with Crippen LogP contribution in [0.25, 0.3) is 0 Å². The number of carbonyl (C=O) groups is 2. The van der Waals surface area contributed by atoms with Gasteiger partial charge in [-0.2, -0.15) is 11.8 Å². The van der Waals surface area contributed by atoms with Gasteiger partial charge in [0, 0.05) is 6.07 Å². The Labute approximate surface area is 149 Å². The van der Waals surface area contributed by atoms with E-state index in [9.17, 15) is 14.4 Å². The lowest BCUT2D eigenvalue weighted by Crippen LogP contribution is -2.36. The van der Waals surface area contributed by atoms with Gasteiger partial charge in [0.2, 0.25) is 0 Å². The predicted molar refractivity (Wildman–Crippen MR) is 95.4 cm³/mol. The molecule has 1 atom stereocenters. The smallest absolute Gasteiger partial charge is 0.333 e. The van der Waals surface area contributed by atoms with E-state index in [-0.39, 0.29) is 12.3 Å². The summed E-state index contributed by atoms with van der Waals surface area (Å²) >= 11 is 1.47. The fourth-order valence-corrected chi connectivity index (χ4v) is 2.59. The quantitative estimate of drug-likeness (QED) is 0.728. The molecule has 0 fully saturated rings. The van der Waals surface area contributed by atoms with Gasteiger partial charge in [0.25, 0.3) is 11.5 Å². The number of hydrogen-bond donors (Lipinski definition) is 2. The number of H-pyrrole nitrogens is 1. The molecule has 0 aliphatic rings. The van der Waals surface area contributed by atoms with Gasteiger partial charge < -0.3 is 15.0 Å². The fourth-order valence-electron chi connectivity index (χ4n) is 2.18. The van der Waals surface area contributed by atoms with Gasteiger partial charge in [-0.25, -0.2) is 9.78 Å². The molecule has 0 aliphatic heterocycles. The Morgan fingerprint density at radius 3 is 2.68 bits per heavy atom. The molecule has 0 saturated carbocycles. The Balaban J connectivity index is 2.28. The Kier molecular flexibility index (Phi) is 6.76. The van der Waals surface area contributed by atoms with Crippen LogP contribution in [0.2, 0.25) is 0 Å². The zero-order valence-electron chi connectivity index (χ0n) is 13.9. The Morgan fingerprint density at radius 2 is 2.04 bits per heavy atom. The average Bonchev–Trinajstić information content (AvgIpc) is 2.60. The first kappa shape index (κ1) is 18.7.